The largest absolute Gasteiger partial charge is 0.306 e. The van der Waals surface area contributed by atoms with Gasteiger partial charge in [0, 0.05) is 17.6 Å². The second-order valence-electron chi connectivity index (χ2n) is 4.74. The molecule has 0 aliphatic rings. The SMILES string of the molecule is Cc1ccc(CNC(C)c2cccc(F)c2)cc1Cl. The number of benzene rings is 2. The fourth-order valence-electron chi connectivity index (χ4n) is 1.91. The smallest absolute Gasteiger partial charge is 0.123 e. The Morgan fingerprint density at radius 1 is 1.21 bits per heavy atom. The number of halogens is 2. The van der Waals surface area contributed by atoms with E-state index in [-0.39, 0.29) is 11.9 Å². The minimum absolute atomic E-state index is 0.0933. The highest BCUT2D eigenvalue weighted by atomic mass is 35.5. The van der Waals surface area contributed by atoms with Gasteiger partial charge in [-0.2, -0.15) is 0 Å². The Morgan fingerprint density at radius 3 is 2.68 bits per heavy atom. The van der Waals surface area contributed by atoms with E-state index >= 15 is 0 Å². The van der Waals surface area contributed by atoms with Crippen LogP contribution in [-0.4, -0.2) is 0 Å². The van der Waals surface area contributed by atoms with Gasteiger partial charge in [-0.15, -0.1) is 0 Å². The third-order valence-corrected chi connectivity index (χ3v) is 3.60. The van der Waals surface area contributed by atoms with Gasteiger partial charge in [0.15, 0.2) is 0 Å². The molecule has 1 N–H and O–H groups in total. The normalized spacial score (nSPS) is 12.4. The molecule has 2 aromatic carbocycles. The van der Waals surface area contributed by atoms with E-state index < -0.39 is 0 Å². The van der Waals surface area contributed by atoms with Crippen molar-refractivity contribution in [1.29, 1.82) is 0 Å². The lowest BCUT2D eigenvalue weighted by molar-refractivity contribution is 0.565. The first-order chi connectivity index (χ1) is 9.06. The molecular formula is C16H17ClFN. The van der Waals surface area contributed by atoms with Crippen molar-refractivity contribution in [1.82, 2.24) is 5.32 Å². The van der Waals surface area contributed by atoms with Crippen molar-refractivity contribution in [3.05, 3.63) is 70.0 Å². The molecule has 0 saturated heterocycles. The molecule has 0 saturated carbocycles. The fourth-order valence-corrected chi connectivity index (χ4v) is 2.11. The molecule has 0 aromatic heterocycles. The highest BCUT2D eigenvalue weighted by Gasteiger charge is 2.06. The summed E-state index contributed by atoms with van der Waals surface area (Å²) in [7, 11) is 0. The van der Waals surface area contributed by atoms with Gasteiger partial charge in [-0.05, 0) is 48.7 Å². The second-order valence-corrected chi connectivity index (χ2v) is 5.15. The maximum absolute atomic E-state index is 13.1. The van der Waals surface area contributed by atoms with E-state index in [1.807, 2.05) is 38.1 Å². The van der Waals surface area contributed by atoms with Crippen LogP contribution in [0.4, 0.5) is 4.39 Å². The van der Waals surface area contributed by atoms with Crippen LogP contribution in [0.2, 0.25) is 5.02 Å². The van der Waals surface area contributed by atoms with Crippen molar-refractivity contribution in [2.24, 2.45) is 0 Å². The van der Waals surface area contributed by atoms with E-state index in [1.54, 1.807) is 12.1 Å². The van der Waals surface area contributed by atoms with E-state index in [0.717, 1.165) is 21.7 Å². The van der Waals surface area contributed by atoms with Crippen molar-refractivity contribution >= 4 is 11.6 Å². The Labute approximate surface area is 118 Å². The minimum atomic E-state index is -0.204. The molecule has 0 spiro atoms. The Kier molecular flexibility index (Phi) is 4.56. The van der Waals surface area contributed by atoms with E-state index in [0.29, 0.717) is 6.54 Å². The standard InChI is InChI=1S/C16H17ClFN/c1-11-6-7-13(8-16(11)17)10-19-12(2)14-4-3-5-15(18)9-14/h3-9,12,19H,10H2,1-2H3. The van der Waals surface area contributed by atoms with E-state index in [4.69, 9.17) is 11.6 Å². The average molecular weight is 278 g/mol. The van der Waals surface area contributed by atoms with Crippen LogP contribution >= 0.6 is 11.6 Å². The summed E-state index contributed by atoms with van der Waals surface area (Å²) in [4.78, 5) is 0. The summed E-state index contributed by atoms with van der Waals surface area (Å²) < 4.78 is 13.1. The molecule has 2 rings (SSSR count). The molecular weight excluding hydrogens is 261 g/mol. The molecule has 1 nitrogen and oxygen atoms in total. The van der Waals surface area contributed by atoms with Gasteiger partial charge in [0.1, 0.15) is 5.82 Å². The maximum Gasteiger partial charge on any atom is 0.123 e. The summed E-state index contributed by atoms with van der Waals surface area (Å²) in [6, 6.07) is 12.8. The zero-order valence-corrected chi connectivity index (χ0v) is 11.8. The van der Waals surface area contributed by atoms with Crippen molar-refractivity contribution in [3.8, 4) is 0 Å². The Morgan fingerprint density at radius 2 is 2.00 bits per heavy atom. The van der Waals surface area contributed by atoms with Crippen molar-refractivity contribution in [3.63, 3.8) is 0 Å². The lowest BCUT2D eigenvalue weighted by Gasteiger charge is -2.14. The third-order valence-electron chi connectivity index (χ3n) is 3.20. The Hall–Kier alpha value is -1.38. The van der Waals surface area contributed by atoms with E-state index in [2.05, 4.69) is 5.32 Å². The average Bonchev–Trinajstić information content (AvgIpc) is 2.40. The van der Waals surface area contributed by atoms with Gasteiger partial charge >= 0.3 is 0 Å². The molecule has 2 aromatic rings. The molecule has 100 valence electrons. The van der Waals surface area contributed by atoms with Crippen LogP contribution in [0.1, 0.15) is 29.7 Å². The molecule has 0 bridgehead atoms. The molecule has 0 heterocycles. The van der Waals surface area contributed by atoms with Crippen LogP contribution in [-0.2, 0) is 6.54 Å². The van der Waals surface area contributed by atoms with Gasteiger partial charge in [-0.1, -0.05) is 35.9 Å². The second kappa shape index (κ2) is 6.18. The fraction of sp³-hybridized carbons (Fsp3) is 0.250. The van der Waals surface area contributed by atoms with Crippen LogP contribution in [0.25, 0.3) is 0 Å². The predicted octanol–water partition coefficient (Wildman–Crippen LogP) is 4.64. The predicted molar refractivity (Wildman–Crippen MR) is 77.8 cm³/mol. The molecule has 0 aliphatic heterocycles. The highest BCUT2D eigenvalue weighted by Crippen LogP contribution is 2.18. The quantitative estimate of drug-likeness (QED) is 0.858. The molecule has 0 radical (unpaired) electrons. The topological polar surface area (TPSA) is 12.0 Å². The van der Waals surface area contributed by atoms with Crippen LogP contribution in [0.3, 0.4) is 0 Å². The monoisotopic (exact) mass is 277 g/mol. The molecule has 0 aliphatic carbocycles. The van der Waals surface area contributed by atoms with Gasteiger partial charge in [0.05, 0.1) is 0 Å². The lowest BCUT2D eigenvalue weighted by atomic mass is 10.1. The molecule has 3 heteroatoms. The van der Waals surface area contributed by atoms with Gasteiger partial charge in [-0.25, -0.2) is 4.39 Å². The summed E-state index contributed by atoms with van der Waals surface area (Å²) in [6.45, 7) is 4.71. The van der Waals surface area contributed by atoms with Gasteiger partial charge in [0.25, 0.3) is 0 Å². The summed E-state index contributed by atoms with van der Waals surface area (Å²) in [6.07, 6.45) is 0. The number of hydrogen-bond donors (Lipinski definition) is 1. The molecule has 0 fully saturated rings. The Balaban J connectivity index is 2.00. The zero-order chi connectivity index (χ0) is 13.8. The first-order valence-corrected chi connectivity index (χ1v) is 6.68. The highest BCUT2D eigenvalue weighted by molar-refractivity contribution is 6.31. The lowest BCUT2D eigenvalue weighted by Crippen LogP contribution is -2.18. The van der Waals surface area contributed by atoms with Crippen molar-refractivity contribution < 1.29 is 4.39 Å². The summed E-state index contributed by atoms with van der Waals surface area (Å²) in [5.41, 5.74) is 3.14. The van der Waals surface area contributed by atoms with Crippen LogP contribution < -0.4 is 5.32 Å². The van der Waals surface area contributed by atoms with Crippen LogP contribution in [0.15, 0.2) is 42.5 Å². The molecule has 0 amide bonds. The third kappa shape index (κ3) is 3.79. The summed E-state index contributed by atoms with van der Waals surface area (Å²) in [5, 5.41) is 4.14. The summed E-state index contributed by atoms with van der Waals surface area (Å²) in [5.74, 6) is -0.204. The Bertz CT molecular complexity index is 568. The number of aryl methyl sites for hydroxylation is 1. The zero-order valence-electron chi connectivity index (χ0n) is 11.1. The van der Waals surface area contributed by atoms with Crippen molar-refractivity contribution in [2.75, 3.05) is 0 Å². The van der Waals surface area contributed by atoms with E-state index in [1.165, 1.54) is 6.07 Å². The maximum atomic E-state index is 13.1. The van der Waals surface area contributed by atoms with Gasteiger partial charge in [0.2, 0.25) is 0 Å². The first kappa shape index (κ1) is 14.0. The van der Waals surface area contributed by atoms with Gasteiger partial charge in [-0.3, -0.25) is 0 Å². The number of nitrogens with one attached hydrogen (secondary N) is 1. The van der Waals surface area contributed by atoms with Gasteiger partial charge < -0.3 is 5.32 Å². The van der Waals surface area contributed by atoms with Crippen LogP contribution in [0, 0.1) is 12.7 Å². The van der Waals surface area contributed by atoms with E-state index in [9.17, 15) is 4.39 Å². The minimum Gasteiger partial charge on any atom is -0.306 e. The number of hydrogen-bond acceptors (Lipinski definition) is 1. The van der Waals surface area contributed by atoms with Crippen LogP contribution in [0.5, 0.6) is 0 Å². The molecule has 1 atom stereocenters. The summed E-state index contributed by atoms with van der Waals surface area (Å²) >= 11 is 6.09. The molecule has 19 heavy (non-hydrogen) atoms. The number of rotatable bonds is 4. The molecule has 1 unspecified atom stereocenters. The first-order valence-electron chi connectivity index (χ1n) is 6.30. The van der Waals surface area contributed by atoms with Crippen molar-refractivity contribution in [2.45, 2.75) is 26.4 Å².